The van der Waals surface area contributed by atoms with Crippen LogP contribution in [0.4, 0.5) is 4.79 Å². The molecule has 1 fully saturated rings. The molecule has 2 rings (SSSR count). The summed E-state index contributed by atoms with van der Waals surface area (Å²) in [7, 11) is 2.97. The van der Waals surface area contributed by atoms with Crippen molar-refractivity contribution in [3.63, 3.8) is 0 Å². The Balaban J connectivity index is 2.26. The summed E-state index contributed by atoms with van der Waals surface area (Å²) in [6.45, 7) is -0.0702. The second-order valence-electron chi connectivity index (χ2n) is 4.05. The third-order valence-electron chi connectivity index (χ3n) is 2.91. The van der Waals surface area contributed by atoms with E-state index >= 15 is 0 Å². The van der Waals surface area contributed by atoms with Crippen LogP contribution in [0.1, 0.15) is 0 Å². The van der Waals surface area contributed by atoms with E-state index in [4.69, 9.17) is 5.73 Å². The Hall–Kier alpha value is -2.12. The average Bonchev–Trinajstić information content (AvgIpc) is 2.66. The van der Waals surface area contributed by atoms with Crippen LogP contribution in [0.5, 0.6) is 0 Å². The molecule has 2 N–H and O–H groups in total. The normalized spacial score (nSPS) is 27.8. The number of rotatable bonds is 2. The summed E-state index contributed by atoms with van der Waals surface area (Å²) in [6.07, 6.45) is 0.833. The predicted molar refractivity (Wildman–Crippen MR) is 57.9 cm³/mol. The van der Waals surface area contributed by atoms with E-state index < -0.39 is 24.1 Å². The Morgan fingerprint density at radius 3 is 2.71 bits per heavy atom. The third-order valence-corrected chi connectivity index (χ3v) is 2.91. The number of nitrogens with zero attached hydrogens (tertiary/aromatic N) is 4. The number of primary amides is 1. The van der Waals surface area contributed by atoms with Gasteiger partial charge in [-0.05, 0) is 0 Å². The van der Waals surface area contributed by atoms with Crippen LogP contribution in [-0.4, -0.2) is 71.7 Å². The van der Waals surface area contributed by atoms with Crippen LogP contribution in [0.15, 0.2) is 4.99 Å². The van der Waals surface area contributed by atoms with Crippen LogP contribution in [-0.2, 0) is 9.59 Å². The van der Waals surface area contributed by atoms with Gasteiger partial charge >= 0.3 is 6.03 Å². The van der Waals surface area contributed by atoms with Gasteiger partial charge in [-0.25, -0.2) is 4.79 Å². The minimum atomic E-state index is -0.679. The third kappa shape index (κ3) is 1.61. The second-order valence-corrected chi connectivity index (χ2v) is 4.05. The number of carbonyl (C=O) groups excluding carboxylic acids is 3. The fourth-order valence-electron chi connectivity index (χ4n) is 2.07. The molecule has 0 aliphatic carbocycles. The van der Waals surface area contributed by atoms with Gasteiger partial charge in [-0.15, -0.1) is 0 Å². The SMILES string of the molecule is CN1C(=O)C2N=CN(CC(N)=O)C2N(C)C1=O. The quantitative estimate of drug-likeness (QED) is 0.604. The van der Waals surface area contributed by atoms with Gasteiger partial charge in [-0.2, -0.15) is 0 Å². The lowest BCUT2D eigenvalue weighted by molar-refractivity contribution is -0.135. The first kappa shape index (κ1) is 11.4. The van der Waals surface area contributed by atoms with E-state index in [9.17, 15) is 14.4 Å². The van der Waals surface area contributed by atoms with E-state index in [0.29, 0.717) is 0 Å². The van der Waals surface area contributed by atoms with Gasteiger partial charge in [0.25, 0.3) is 5.91 Å². The Labute approximate surface area is 97.6 Å². The molecule has 2 heterocycles. The number of amides is 4. The van der Waals surface area contributed by atoms with Crippen molar-refractivity contribution in [1.29, 1.82) is 0 Å². The predicted octanol–water partition coefficient (Wildman–Crippen LogP) is -1.97. The number of imide groups is 1. The maximum absolute atomic E-state index is 11.8. The van der Waals surface area contributed by atoms with E-state index in [-0.39, 0.29) is 12.5 Å². The van der Waals surface area contributed by atoms with Crippen molar-refractivity contribution in [3.8, 4) is 0 Å². The van der Waals surface area contributed by atoms with Crippen molar-refractivity contribution in [3.05, 3.63) is 0 Å². The van der Waals surface area contributed by atoms with E-state index in [0.717, 1.165) is 4.90 Å². The van der Waals surface area contributed by atoms with Gasteiger partial charge in [0.2, 0.25) is 5.91 Å². The summed E-state index contributed by atoms with van der Waals surface area (Å²) in [6, 6.07) is -1.10. The summed E-state index contributed by atoms with van der Waals surface area (Å²) in [5.41, 5.74) is 5.10. The lowest BCUT2D eigenvalue weighted by Crippen LogP contribution is -2.64. The van der Waals surface area contributed by atoms with Crippen LogP contribution in [0, 0.1) is 0 Å². The van der Waals surface area contributed by atoms with Gasteiger partial charge in [0, 0.05) is 14.1 Å². The summed E-state index contributed by atoms with van der Waals surface area (Å²) in [5.74, 6) is -0.911. The summed E-state index contributed by atoms with van der Waals surface area (Å²) < 4.78 is 0. The first-order valence-electron chi connectivity index (χ1n) is 5.05. The first-order chi connectivity index (χ1) is 7.93. The molecule has 0 aromatic rings. The van der Waals surface area contributed by atoms with Crippen LogP contribution in [0.2, 0.25) is 0 Å². The molecular weight excluding hydrogens is 226 g/mol. The van der Waals surface area contributed by atoms with Crippen molar-refractivity contribution in [2.75, 3.05) is 20.6 Å². The first-order valence-corrected chi connectivity index (χ1v) is 5.05. The van der Waals surface area contributed by atoms with Crippen molar-refractivity contribution < 1.29 is 14.4 Å². The average molecular weight is 239 g/mol. The molecule has 0 bridgehead atoms. The van der Waals surface area contributed by atoms with Gasteiger partial charge in [0.05, 0.1) is 12.9 Å². The van der Waals surface area contributed by atoms with E-state index in [2.05, 4.69) is 4.99 Å². The molecule has 0 saturated carbocycles. The number of aliphatic imine (C=N–C) groups is 1. The Bertz CT molecular complexity index is 421. The molecule has 92 valence electrons. The fraction of sp³-hybridized carbons (Fsp3) is 0.556. The van der Waals surface area contributed by atoms with E-state index in [1.54, 1.807) is 7.05 Å². The molecule has 1 saturated heterocycles. The number of carbonyl (C=O) groups is 3. The Morgan fingerprint density at radius 2 is 2.12 bits per heavy atom. The summed E-state index contributed by atoms with van der Waals surface area (Å²) in [4.78, 5) is 42.4. The van der Waals surface area contributed by atoms with Gasteiger partial charge in [0.15, 0.2) is 6.04 Å². The van der Waals surface area contributed by atoms with Crippen LogP contribution in [0.25, 0.3) is 0 Å². The number of likely N-dealkylation sites (N-methyl/N-ethyl adjacent to an activating group) is 2. The Morgan fingerprint density at radius 1 is 1.47 bits per heavy atom. The molecule has 2 atom stereocenters. The monoisotopic (exact) mass is 239 g/mol. The molecule has 8 heteroatoms. The van der Waals surface area contributed by atoms with Crippen molar-refractivity contribution in [1.82, 2.24) is 14.7 Å². The molecular formula is C9H13N5O3. The minimum Gasteiger partial charge on any atom is -0.368 e. The number of nitrogens with two attached hydrogens (primary N) is 1. The highest BCUT2D eigenvalue weighted by Crippen LogP contribution is 2.23. The lowest BCUT2D eigenvalue weighted by Gasteiger charge is -2.40. The second kappa shape index (κ2) is 3.72. The molecule has 0 aromatic carbocycles. The molecule has 0 radical (unpaired) electrons. The van der Waals surface area contributed by atoms with Crippen molar-refractivity contribution in [2.45, 2.75) is 12.2 Å². The standard InChI is InChI=1S/C9H13N5O3/c1-12-7-6(8(16)13(2)9(12)17)11-4-14(7)3-5(10)15/h4,6-7H,3H2,1-2H3,(H2,10,15). The van der Waals surface area contributed by atoms with Crippen LogP contribution >= 0.6 is 0 Å². The van der Waals surface area contributed by atoms with Crippen molar-refractivity contribution in [2.24, 2.45) is 10.7 Å². The molecule has 17 heavy (non-hydrogen) atoms. The summed E-state index contributed by atoms with van der Waals surface area (Å²) >= 11 is 0. The maximum atomic E-state index is 11.8. The molecule has 2 aliphatic rings. The highest BCUT2D eigenvalue weighted by molar-refractivity contribution is 6.01. The van der Waals surface area contributed by atoms with Crippen LogP contribution in [0.3, 0.4) is 0 Å². The van der Waals surface area contributed by atoms with Gasteiger partial charge in [0.1, 0.15) is 6.17 Å². The number of urea groups is 1. The van der Waals surface area contributed by atoms with Crippen LogP contribution < -0.4 is 5.73 Å². The zero-order valence-electron chi connectivity index (χ0n) is 9.53. The molecule has 4 amide bonds. The molecule has 0 spiro atoms. The number of hydrogen-bond acceptors (Lipinski definition) is 5. The number of hydrogen-bond donors (Lipinski definition) is 1. The largest absolute Gasteiger partial charge is 0.368 e. The maximum Gasteiger partial charge on any atom is 0.327 e. The number of fused-ring (bicyclic) bond motifs is 1. The van der Waals surface area contributed by atoms with Gasteiger partial charge < -0.3 is 15.5 Å². The van der Waals surface area contributed by atoms with Gasteiger partial charge in [-0.1, -0.05) is 0 Å². The molecule has 2 unspecified atom stereocenters. The minimum absolute atomic E-state index is 0.0702. The highest BCUT2D eigenvalue weighted by atomic mass is 16.2. The highest BCUT2D eigenvalue weighted by Gasteiger charge is 2.48. The van der Waals surface area contributed by atoms with E-state index in [1.807, 2.05) is 0 Å². The summed E-state index contributed by atoms with van der Waals surface area (Å²) in [5, 5.41) is 0. The smallest absolute Gasteiger partial charge is 0.327 e. The molecule has 2 aliphatic heterocycles. The van der Waals surface area contributed by atoms with E-state index in [1.165, 1.54) is 23.2 Å². The fourth-order valence-corrected chi connectivity index (χ4v) is 2.07. The van der Waals surface area contributed by atoms with Gasteiger partial charge in [-0.3, -0.25) is 19.5 Å². The molecule has 8 nitrogen and oxygen atoms in total. The lowest BCUT2D eigenvalue weighted by atomic mass is 10.1. The topological polar surface area (TPSA) is 99.3 Å². The molecule has 0 aromatic heterocycles. The zero-order valence-corrected chi connectivity index (χ0v) is 9.53. The van der Waals surface area contributed by atoms with Crippen molar-refractivity contribution >= 4 is 24.2 Å². The zero-order chi connectivity index (χ0) is 12.7. The Kier molecular flexibility index (Phi) is 2.49.